The summed E-state index contributed by atoms with van der Waals surface area (Å²) in [6.45, 7) is 9.46. The summed E-state index contributed by atoms with van der Waals surface area (Å²) in [5.74, 6) is 0. The molecular formula is C10H21N3. The Labute approximate surface area is 81.5 Å². The number of hydrogen-bond acceptors (Lipinski definition) is 3. The lowest BCUT2D eigenvalue weighted by Gasteiger charge is -2.29. The molecule has 0 unspecified atom stereocenters. The van der Waals surface area contributed by atoms with E-state index in [-0.39, 0.29) is 5.41 Å². The van der Waals surface area contributed by atoms with Gasteiger partial charge in [-0.1, -0.05) is 20.8 Å². The van der Waals surface area contributed by atoms with E-state index < -0.39 is 0 Å². The summed E-state index contributed by atoms with van der Waals surface area (Å²) in [6.07, 6.45) is 1.09. The third kappa shape index (κ3) is 5.62. The molecule has 2 N–H and O–H groups in total. The monoisotopic (exact) mass is 183 g/mol. The third-order valence-corrected chi connectivity index (χ3v) is 2.04. The maximum Gasteiger partial charge on any atom is 0.0866 e. The van der Waals surface area contributed by atoms with Crippen LogP contribution in [0.5, 0.6) is 0 Å². The molecule has 0 aromatic rings. The molecule has 0 aromatic carbocycles. The lowest BCUT2D eigenvalue weighted by Crippen LogP contribution is -2.39. The van der Waals surface area contributed by atoms with E-state index in [1.165, 1.54) is 0 Å². The molecule has 0 aliphatic heterocycles. The molecule has 0 radical (unpaired) electrons. The van der Waals surface area contributed by atoms with Crippen LogP contribution in [0.2, 0.25) is 0 Å². The van der Waals surface area contributed by atoms with E-state index in [0.29, 0.717) is 13.1 Å². The summed E-state index contributed by atoms with van der Waals surface area (Å²) in [5.41, 5.74) is 5.75. The Morgan fingerprint density at radius 1 is 1.46 bits per heavy atom. The van der Waals surface area contributed by atoms with Crippen molar-refractivity contribution in [2.45, 2.75) is 27.2 Å². The highest BCUT2D eigenvalue weighted by atomic mass is 15.1. The summed E-state index contributed by atoms with van der Waals surface area (Å²) < 4.78 is 0. The van der Waals surface area contributed by atoms with Gasteiger partial charge in [-0.2, -0.15) is 5.26 Å². The van der Waals surface area contributed by atoms with Crippen molar-refractivity contribution in [3.05, 3.63) is 0 Å². The maximum absolute atomic E-state index is 8.61. The van der Waals surface area contributed by atoms with Crippen LogP contribution in [0.15, 0.2) is 0 Å². The van der Waals surface area contributed by atoms with Crippen LogP contribution in [0.4, 0.5) is 0 Å². The summed E-state index contributed by atoms with van der Waals surface area (Å²) in [6, 6.07) is 2.18. The van der Waals surface area contributed by atoms with E-state index in [1.807, 2.05) is 0 Å². The zero-order chi connectivity index (χ0) is 10.3. The Bertz CT molecular complexity index is 169. The number of hydrogen-bond donors (Lipinski definition) is 1. The molecule has 0 rings (SSSR count). The minimum absolute atomic E-state index is 0.117. The molecule has 0 fully saturated rings. The summed E-state index contributed by atoms with van der Waals surface area (Å²) in [7, 11) is 0. The highest BCUT2D eigenvalue weighted by Crippen LogP contribution is 2.14. The summed E-state index contributed by atoms with van der Waals surface area (Å²) in [4.78, 5) is 2.16. The second-order valence-electron chi connectivity index (χ2n) is 4.24. The van der Waals surface area contributed by atoms with Crippen LogP contribution in [0.25, 0.3) is 0 Å². The van der Waals surface area contributed by atoms with Crippen LogP contribution < -0.4 is 5.73 Å². The topological polar surface area (TPSA) is 53.0 Å². The Morgan fingerprint density at radius 3 is 2.46 bits per heavy atom. The molecule has 0 atom stereocenters. The van der Waals surface area contributed by atoms with Crippen LogP contribution in [0, 0.1) is 16.7 Å². The highest BCUT2D eigenvalue weighted by Gasteiger charge is 2.19. The average molecular weight is 183 g/mol. The van der Waals surface area contributed by atoms with Crippen LogP contribution in [-0.2, 0) is 0 Å². The van der Waals surface area contributed by atoms with Crippen molar-refractivity contribution < 1.29 is 0 Å². The fourth-order valence-electron chi connectivity index (χ4n) is 1.30. The first-order valence-electron chi connectivity index (χ1n) is 4.85. The fraction of sp³-hybridized carbons (Fsp3) is 0.900. The van der Waals surface area contributed by atoms with Crippen LogP contribution in [0.1, 0.15) is 27.2 Å². The van der Waals surface area contributed by atoms with E-state index >= 15 is 0 Å². The largest absolute Gasteiger partial charge is 0.330 e. The van der Waals surface area contributed by atoms with Crippen LogP contribution in [-0.4, -0.2) is 31.1 Å². The van der Waals surface area contributed by atoms with Crippen LogP contribution >= 0.6 is 0 Å². The standard InChI is InChI=1S/C10H21N3/c1-4-6-13(7-5-11)9-10(2,3)8-12/h4,6-9,12H2,1-3H3. The second-order valence-corrected chi connectivity index (χ2v) is 4.24. The molecule has 0 heterocycles. The molecule has 0 amide bonds. The number of nitrogens with zero attached hydrogens (tertiary/aromatic N) is 2. The van der Waals surface area contributed by atoms with Crippen molar-refractivity contribution in [2.75, 3.05) is 26.2 Å². The minimum Gasteiger partial charge on any atom is -0.330 e. The van der Waals surface area contributed by atoms with E-state index in [9.17, 15) is 0 Å². The van der Waals surface area contributed by atoms with Gasteiger partial charge in [0.2, 0.25) is 0 Å². The molecule has 3 nitrogen and oxygen atoms in total. The Kier molecular flexibility index (Phi) is 5.68. The molecule has 0 saturated heterocycles. The number of rotatable bonds is 6. The molecule has 0 aliphatic carbocycles. The van der Waals surface area contributed by atoms with Gasteiger partial charge >= 0.3 is 0 Å². The van der Waals surface area contributed by atoms with E-state index in [1.54, 1.807) is 0 Å². The Balaban J connectivity index is 4.01. The quantitative estimate of drug-likeness (QED) is 0.630. The van der Waals surface area contributed by atoms with E-state index in [0.717, 1.165) is 19.5 Å². The second kappa shape index (κ2) is 5.95. The normalized spacial score (nSPS) is 11.7. The smallest absolute Gasteiger partial charge is 0.0866 e. The molecule has 0 aliphatic rings. The highest BCUT2D eigenvalue weighted by molar-refractivity contribution is 4.81. The Morgan fingerprint density at radius 2 is 2.08 bits per heavy atom. The van der Waals surface area contributed by atoms with Crippen molar-refractivity contribution >= 4 is 0 Å². The number of nitriles is 1. The van der Waals surface area contributed by atoms with Gasteiger partial charge in [-0.25, -0.2) is 0 Å². The molecule has 0 bridgehead atoms. The molecule has 0 spiro atoms. The molecule has 0 saturated carbocycles. The van der Waals surface area contributed by atoms with Crippen molar-refractivity contribution in [1.29, 1.82) is 5.26 Å². The van der Waals surface area contributed by atoms with Crippen molar-refractivity contribution in [1.82, 2.24) is 4.90 Å². The average Bonchev–Trinajstić information content (AvgIpc) is 2.05. The van der Waals surface area contributed by atoms with Gasteiger partial charge in [0.1, 0.15) is 0 Å². The van der Waals surface area contributed by atoms with Gasteiger partial charge in [0.05, 0.1) is 12.6 Å². The first-order chi connectivity index (χ1) is 6.05. The lowest BCUT2D eigenvalue weighted by molar-refractivity contribution is 0.200. The van der Waals surface area contributed by atoms with Crippen molar-refractivity contribution in [3.8, 4) is 6.07 Å². The van der Waals surface area contributed by atoms with Gasteiger partial charge in [-0.05, 0) is 24.9 Å². The number of nitrogens with two attached hydrogens (primary N) is 1. The minimum atomic E-state index is 0.117. The Hall–Kier alpha value is -0.590. The molecule has 13 heavy (non-hydrogen) atoms. The molecule has 0 aromatic heterocycles. The van der Waals surface area contributed by atoms with Crippen LogP contribution in [0.3, 0.4) is 0 Å². The first kappa shape index (κ1) is 12.4. The zero-order valence-electron chi connectivity index (χ0n) is 9.01. The lowest BCUT2D eigenvalue weighted by atomic mass is 9.93. The van der Waals surface area contributed by atoms with E-state index in [4.69, 9.17) is 11.0 Å². The molecule has 3 heteroatoms. The van der Waals surface area contributed by atoms with E-state index in [2.05, 4.69) is 31.7 Å². The first-order valence-corrected chi connectivity index (χ1v) is 4.85. The van der Waals surface area contributed by atoms with Gasteiger partial charge in [0.15, 0.2) is 0 Å². The zero-order valence-corrected chi connectivity index (χ0v) is 9.01. The maximum atomic E-state index is 8.61. The van der Waals surface area contributed by atoms with Gasteiger partial charge in [0, 0.05) is 6.54 Å². The predicted octanol–water partition coefficient (Wildman–Crippen LogP) is 1.21. The summed E-state index contributed by atoms with van der Waals surface area (Å²) in [5, 5.41) is 8.61. The molecular weight excluding hydrogens is 162 g/mol. The van der Waals surface area contributed by atoms with Gasteiger partial charge in [-0.3, -0.25) is 4.90 Å². The predicted molar refractivity (Wildman–Crippen MR) is 55.2 cm³/mol. The van der Waals surface area contributed by atoms with Gasteiger partial charge in [-0.15, -0.1) is 0 Å². The summed E-state index contributed by atoms with van der Waals surface area (Å²) >= 11 is 0. The molecule has 76 valence electrons. The van der Waals surface area contributed by atoms with Crippen molar-refractivity contribution in [3.63, 3.8) is 0 Å². The third-order valence-electron chi connectivity index (χ3n) is 2.04. The SMILES string of the molecule is CCCN(CC#N)CC(C)(C)CN. The van der Waals surface area contributed by atoms with Gasteiger partial charge in [0.25, 0.3) is 0 Å². The fourth-order valence-corrected chi connectivity index (χ4v) is 1.30. The van der Waals surface area contributed by atoms with Gasteiger partial charge < -0.3 is 5.73 Å². The van der Waals surface area contributed by atoms with Crippen molar-refractivity contribution in [2.24, 2.45) is 11.1 Å².